The summed E-state index contributed by atoms with van der Waals surface area (Å²) in [6.45, 7) is 8.36. The van der Waals surface area contributed by atoms with E-state index in [9.17, 15) is 0 Å². The van der Waals surface area contributed by atoms with Crippen LogP contribution in [0, 0.1) is 6.92 Å². The minimum absolute atomic E-state index is 0.173. The first-order chi connectivity index (χ1) is 9.34. The Kier molecular flexibility index (Phi) is 4.01. The Bertz CT molecular complexity index is 424. The molecule has 104 valence electrons. The van der Waals surface area contributed by atoms with Crippen molar-refractivity contribution in [3.05, 3.63) is 29.3 Å². The molecule has 1 unspecified atom stereocenters. The summed E-state index contributed by atoms with van der Waals surface area (Å²) in [5, 5.41) is 3.41. The minimum Gasteiger partial charge on any atom is -0.378 e. The Morgan fingerprint density at radius 2 is 2.05 bits per heavy atom. The van der Waals surface area contributed by atoms with Crippen LogP contribution < -0.4 is 10.2 Å². The van der Waals surface area contributed by atoms with Crippen molar-refractivity contribution in [1.82, 2.24) is 5.32 Å². The molecule has 0 spiro atoms. The number of anilines is 1. The smallest absolute Gasteiger partial charge is 0.0969 e. The van der Waals surface area contributed by atoms with Crippen molar-refractivity contribution in [2.24, 2.45) is 0 Å². The van der Waals surface area contributed by atoms with Gasteiger partial charge in [-0.3, -0.25) is 0 Å². The number of ether oxygens (including phenoxy) is 2. The van der Waals surface area contributed by atoms with E-state index in [0.29, 0.717) is 0 Å². The molecule has 1 aromatic carbocycles. The highest BCUT2D eigenvalue weighted by Crippen LogP contribution is 2.31. The van der Waals surface area contributed by atoms with Crippen LogP contribution in [-0.4, -0.2) is 46.0 Å². The second-order valence-corrected chi connectivity index (χ2v) is 5.23. The monoisotopic (exact) mass is 262 g/mol. The van der Waals surface area contributed by atoms with Crippen LogP contribution in [0.5, 0.6) is 0 Å². The first kappa shape index (κ1) is 12.9. The van der Waals surface area contributed by atoms with Crippen LogP contribution in [0.3, 0.4) is 0 Å². The highest BCUT2D eigenvalue weighted by molar-refractivity contribution is 5.56. The lowest BCUT2D eigenvalue weighted by molar-refractivity contribution is 0.0277. The molecule has 3 rings (SSSR count). The zero-order valence-electron chi connectivity index (χ0n) is 11.5. The maximum Gasteiger partial charge on any atom is 0.0969 e. The van der Waals surface area contributed by atoms with Gasteiger partial charge >= 0.3 is 0 Å². The molecule has 1 aromatic rings. The molecule has 0 saturated carbocycles. The highest BCUT2D eigenvalue weighted by Gasteiger charge is 2.22. The molecular formula is C15H22N2O2. The highest BCUT2D eigenvalue weighted by atomic mass is 16.5. The van der Waals surface area contributed by atoms with Crippen molar-refractivity contribution >= 4 is 5.69 Å². The standard InChI is InChI=1S/C15H22N2O2/c1-12-2-3-14(17-5-8-18-9-6-17)13(10-12)15-11-16-4-7-19-15/h2-3,10,15-16H,4-9,11H2,1H3. The number of aryl methyl sites for hydroxylation is 1. The van der Waals surface area contributed by atoms with Crippen LogP contribution in [0.1, 0.15) is 17.2 Å². The summed E-state index contributed by atoms with van der Waals surface area (Å²) in [6, 6.07) is 6.68. The third-order valence-corrected chi connectivity index (χ3v) is 3.81. The summed E-state index contributed by atoms with van der Waals surface area (Å²) in [6.07, 6.45) is 0.173. The molecule has 2 heterocycles. The van der Waals surface area contributed by atoms with Gasteiger partial charge in [0.25, 0.3) is 0 Å². The van der Waals surface area contributed by atoms with E-state index in [-0.39, 0.29) is 6.10 Å². The molecule has 0 aromatic heterocycles. The van der Waals surface area contributed by atoms with Crippen molar-refractivity contribution in [3.8, 4) is 0 Å². The molecule has 0 bridgehead atoms. The number of benzene rings is 1. The average molecular weight is 262 g/mol. The topological polar surface area (TPSA) is 33.7 Å². The number of rotatable bonds is 2. The second kappa shape index (κ2) is 5.90. The van der Waals surface area contributed by atoms with Gasteiger partial charge in [0, 0.05) is 37.4 Å². The molecule has 4 heteroatoms. The molecule has 0 aliphatic carbocycles. The van der Waals surface area contributed by atoms with Crippen molar-refractivity contribution in [2.45, 2.75) is 13.0 Å². The number of hydrogen-bond acceptors (Lipinski definition) is 4. The zero-order chi connectivity index (χ0) is 13.1. The summed E-state index contributed by atoms with van der Waals surface area (Å²) < 4.78 is 11.4. The van der Waals surface area contributed by atoms with Gasteiger partial charge < -0.3 is 19.7 Å². The van der Waals surface area contributed by atoms with E-state index < -0.39 is 0 Å². The van der Waals surface area contributed by atoms with Gasteiger partial charge in [0.05, 0.1) is 25.9 Å². The fourth-order valence-electron chi connectivity index (χ4n) is 2.79. The van der Waals surface area contributed by atoms with Gasteiger partial charge in [0.15, 0.2) is 0 Å². The minimum atomic E-state index is 0.173. The molecule has 0 amide bonds. The number of hydrogen-bond donors (Lipinski definition) is 1. The van der Waals surface area contributed by atoms with E-state index >= 15 is 0 Å². The predicted molar refractivity (Wildman–Crippen MR) is 75.8 cm³/mol. The Morgan fingerprint density at radius 3 is 2.79 bits per heavy atom. The summed E-state index contributed by atoms with van der Waals surface area (Å²) in [5.41, 5.74) is 3.91. The van der Waals surface area contributed by atoms with Gasteiger partial charge in [-0.2, -0.15) is 0 Å². The Balaban J connectivity index is 1.88. The van der Waals surface area contributed by atoms with E-state index in [1.54, 1.807) is 0 Å². The molecule has 2 aliphatic heterocycles. The first-order valence-electron chi connectivity index (χ1n) is 7.10. The fraction of sp³-hybridized carbons (Fsp3) is 0.600. The van der Waals surface area contributed by atoms with Gasteiger partial charge in [0.2, 0.25) is 0 Å². The van der Waals surface area contributed by atoms with E-state index in [1.165, 1.54) is 16.8 Å². The van der Waals surface area contributed by atoms with E-state index in [1.807, 2.05) is 0 Å². The molecule has 1 atom stereocenters. The molecule has 2 saturated heterocycles. The Labute approximate surface area is 114 Å². The number of morpholine rings is 2. The van der Waals surface area contributed by atoms with Crippen LogP contribution in [0.15, 0.2) is 18.2 Å². The third kappa shape index (κ3) is 2.91. The van der Waals surface area contributed by atoms with E-state index in [4.69, 9.17) is 9.47 Å². The zero-order valence-corrected chi connectivity index (χ0v) is 11.5. The average Bonchev–Trinajstić information content (AvgIpc) is 2.49. The number of nitrogens with zero attached hydrogens (tertiary/aromatic N) is 1. The fourth-order valence-corrected chi connectivity index (χ4v) is 2.79. The summed E-state index contributed by atoms with van der Waals surface area (Å²) in [7, 11) is 0. The summed E-state index contributed by atoms with van der Waals surface area (Å²) in [5.74, 6) is 0. The first-order valence-corrected chi connectivity index (χ1v) is 7.10. The van der Waals surface area contributed by atoms with Crippen molar-refractivity contribution < 1.29 is 9.47 Å². The summed E-state index contributed by atoms with van der Waals surface area (Å²) >= 11 is 0. The summed E-state index contributed by atoms with van der Waals surface area (Å²) in [4.78, 5) is 2.41. The van der Waals surface area contributed by atoms with Crippen LogP contribution in [0.4, 0.5) is 5.69 Å². The van der Waals surface area contributed by atoms with Gasteiger partial charge in [0.1, 0.15) is 0 Å². The van der Waals surface area contributed by atoms with Gasteiger partial charge in [-0.25, -0.2) is 0 Å². The molecule has 0 radical (unpaired) electrons. The molecular weight excluding hydrogens is 240 g/mol. The Hall–Kier alpha value is -1.10. The predicted octanol–water partition coefficient (Wildman–Crippen LogP) is 1.49. The lowest BCUT2D eigenvalue weighted by atomic mass is 10.0. The van der Waals surface area contributed by atoms with Gasteiger partial charge in [-0.15, -0.1) is 0 Å². The van der Waals surface area contributed by atoms with Gasteiger partial charge in [-0.1, -0.05) is 17.7 Å². The third-order valence-electron chi connectivity index (χ3n) is 3.81. The van der Waals surface area contributed by atoms with Crippen molar-refractivity contribution in [2.75, 3.05) is 50.9 Å². The molecule has 2 aliphatic rings. The largest absolute Gasteiger partial charge is 0.378 e. The SMILES string of the molecule is Cc1ccc(N2CCOCC2)c(C2CNCCO2)c1. The van der Waals surface area contributed by atoms with Crippen LogP contribution >= 0.6 is 0 Å². The van der Waals surface area contributed by atoms with E-state index in [0.717, 1.165) is 46.0 Å². The van der Waals surface area contributed by atoms with Crippen LogP contribution in [0.25, 0.3) is 0 Å². The van der Waals surface area contributed by atoms with Gasteiger partial charge in [-0.05, 0) is 13.0 Å². The van der Waals surface area contributed by atoms with Crippen LogP contribution in [0.2, 0.25) is 0 Å². The molecule has 4 nitrogen and oxygen atoms in total. The quantitative estimate of drug-likeness (QED) is 0.875. The number of nitrogens with one attached hydrogen (secondary N) is 1. The molecule has 19 heavy (non-hydrogen) atoms. The lowest BCUT2D eigenvalue weighted by Gasteiger charge is -2.33. The van der Waals surface area contributed by atoms with Crippen molar-refractivity contribution in [3.63, 3.8) is 0 Å². The maximum atomic E-state index is 5.93. The van der Waals surface area contributed by atoms with Crippen molar-refractivity contribution in [1.29, 1.82) is 0 Å². The molecule has 2 fully saturated rings. The lowest BCUT2D eigenvalue weighted by Crippen LogP contribution is -2.38. The normalized spacial score (nSPS) is 24.5. The maximum absolute atomic E-state index is 5.93. The molecule has 1 N–H and O–H groups in total. The Morgan fingerprint density at radius 1 is 1.21 bits per heavy atom. The second-order valence-electron chi connectivity index (χ2n) is 5.23. The van der Waals surface area contributed by atoms with Crippen LogP contribution in [-0.2, 0) is 9.47 Å². The van der Waals surface area contributed by atoms with E-state index in [2.05, 4.69) is 35.3 Å².